The Morgan fingerprint density at radius 3 is 2.56 bits per heavy atom. The summed E-state index contributed by atoms with van der Waals surface area (Å²) in [5, 5.41) is 6.02. The van der Waals surface area contributed by atoms with E-state index in [9.17, 15) is 0 Å². The highest BCUT2D eigenvalue weighted by Crippen LogP contribution is 2.31. The molecule has 2 N–H and O–H groups in total. The second kappa shape index (κ2) is 8.47. The van der Waals surface area contributed by atoms with Gasteiger partial charge >= 0.3 is 0 Å². The first-order chi connectivity index (χ1) is 12.8. The molecule has 4 heteroatoms. The van der Waals surface area contributed by atoms with Gasteiger partial charge in [-0.15, -0.1) is 12.4 Å². The summed E-state index contributed by atoms with van der Waals surface area (Å²) in [6.07, 6.45) is 1.02. The molecular formula is C23H25ClN2O. The molecule has 0 bridgehead atoms. The molecule has 0 fully saturated rings. The Balaban J connectivity index is 0.00000210. The third-order valence-corrected chi connectivity index (χ3v) is 5.10. The van der Waals surface area contributed by atoms with E-state index >= 15 is 0 Å². The number of aromatic amines is 1. The molecule has 1 aromatic heterocycles. The third kappa shape index (κ3) is 3.95. The van der Waals surface area contributed by atoms with Crippen molar-refractivity contribution in [1.29, 1.82) is 0 Å². The van der Waals surface area contributed by atoms with E-state index in [1.807, 2.05) is 6.07 Å². The van der Waals surface area contributed by atoms with Gasteiger partial charge in [-0.3, -0.25) is 0 Å². The smallest absolute Gasteiger partial charge is 0.119 e. The monoisotopic (exact) mass is 380 g/mol. The number of rotatable bonds is 6. The average molecular weight is 381 g/mol. The van der Waals surface area contributed by atoms with E-state index in [0.717, 1.165) is 30.8 Å². The molecule has 0 saturated carbocycles. The van der Waals surface area contributed by atoms with E-state index in [2.05, 4.69) is 71.8 Å². The van der Waals surface area contributed by atoms with E-state index in [1.54, 1.807) is 7.11 Å². The molecule has 0 unspecified atom stereocenters. The van der Waals surface area contributed by atoms with Crippen LogP contribution in [0.1, 0.15) is 16.7 Å². The van der Waals surface area contributed by atoms with E-state index in [0.29, 0.717) is 0 Å². The Morgan fingerprint density at radius 1 is 0.963 bits per heavy atom. The fourth-order valence-electron chi connectivity index (χ4n) is 3.58. The largest absolute Gasteiger partial charge is 0.497 e. The first-order valence-corrected chi connectivity index (χ1v) is 9.09. The minimum atomic E-state index is 0. The highest BCUT2D eigenvalue weighted by atomic mass is 35.5. The fourth-order valence-corrected chi connectivity index (χ4v) is 3.58. The number of aromatic nitrogens is 1. The summed E-state index contributed by atoms with van der Waals surface area (Å²) in [7, 11) is 1.71. The summed E-state index contributed by atoms with van der Waals surface area (Å²) in [4.78, 5) is 3.58. The van der Waals surface area contributed by atoms with Crippen molar-refractivity contribution < 1.29 is 4.74 Å². The molecule has 0 amide bonds. The van der Waals surface area contributed by atoms with Crippen molar-refractivity contribution >= 4 is 34.2 Å². The Morgan fingerprint density at radius 2 is 1.78 bits per heavy atom. The summed E-state index contributed by atoms with van der Waals surface area (Å²) in [5.41, 5.74) is 6.43. The van der Waals surface area contributed by atoms with E-state index < -0.39 is 0 Å². The number of nitrogens with one attached hydrogen (secondary N) is 2. The van der Waals surface area contributed by atoms with Crippen molar-refractivity contribution in [3.8, 4) is 5.75 Å². The Kier molecular flexibility index (Phi) is 6.04. The molecule has 0 atom stereocenters. The molecule has 0 saturated heterocycles. The highest BCUT2D eigenvalue weighted by Gasteiger charge is 2.10. The van der Waals surface area contributed by atoms with E-state index in [-0.39, 0.29) is 12.4 Å². The zero-order valence-corrected chi connectivity index (χ0v) is 16.5. The van der Waals surface area contributed by atoms with Gasteiger partial charge in [0, 0.05) is 28.4 Å². The molecule has 4 rings (SSSR count). The molecular weight excluding hydrogens is 356 g/mol. The molecule has 3 nitrogen and oxygen atoms in total. The third-order valence-electron chi connectivity index (χ3n) is 5.10. The maximum Gasteiger partial charge on any atom is 0.119 e. The fraction of sp³-hybridized carbons (Fsp3) is 0.217. The second-order valence-electron chi connectivity index (χ2n) is 6.72. The first-order valence-electron chi connectivity index (χ1n) is 9.09. The maximum atomic E-state index is 5.37. The molecule has 140 valence electrons. The summed E-state index contributed by atoms with van der Waals surface area (Å²) in [6.45, 7) is 4.09. The van der Waals surface area contributed by atoms with Crippen LogP contribution in [0.2, 0.25) is 0 Å². The number of benzene rings is 3. The Bertz CT molecular complexity index is 1040. The lowest BCUT2D eigenvalue weighted by atomic mass is 10.0. The van der Waals surface area contributed by atoms with Crippen LogP contribution in [0.25, 0.3) is 21.8 Å². The van der Waals surface area contributed by atoms with Crippen LogP contribution in [-0.2, 0) is 13.0 Å². The second-order valence-corrected chi connectivity index (χ2v) is 6.72. The first kappa shape index (κ1) is 19.3. The number of halogens is 1. The normalized spacial score (nSPS) is 10.9. The summed E-state index contributed by atoms with van der Waals surface area (Å²) in [5.74, 6) is 0.894. The van der Waals surface area contributed by atoms with Gasteiger partial charge in [-0.1, -0.05) is 42.5 Å². The lowest BCUT2D eigenvalue weighted by molar-refractivity contribution is 0.415. The summed E-state index contributed by atoms with van der Waals surface area (Å²) in [6, 6.07) is 21.2. The van der Waals surface area contributed by atoms with Crippen molar-refractivity contribution in [3.63, 3.8) is 0 Å². The van der Waals surface area contributed by atoms with Gasteiger partial charge in [0.05, 0.1) is 7.11 Å². The van der Waals surface area contributed by atoms with Crippen molar-refractivity contribution in [3.05, 3.63) is 77.4 Å². The quantitative estimate of drug-likeness (QED) is 0.440. The minimum absolute atomic E-state index is 0. The topological polar surface area (TPSA) is 37.0 Å². The van der Waals surface area contributed by atoms with Crippen LogP contribution in [0.4, 0.5) is 0 Å². The number of aryl methyl sites for hydroxylation is 1. The van der Waals surface area contributed by atoms with Crippen LogP contribution >= 0.6 is 12.4 Å². The van der Waals surface area contributed by atoms with Gasteiger partial charge in [0.15, 0.2) is 0 Å². The molecule has 0 aliphatic heterocycles. The van der Waals surface area contributed by atoms with Crippen molar-refractivity contribution in [2.24, 2.45) is 0 Å². The van der Waals surface area contributed by atoms with Crippen LogP contribution in [0.3, 0.4) is 0 Å². The van der Waals surface area contributed by atoms with Crippen molar-refractivity contribution in [1.82, 2.24) is 10.3 Å². The number of H-pyrrole nitrogens is 1. The number of fused-ring (bicyclic) bond motifs is 3. The standard InChI is InChI=1S/C23H24N2O.ClH/c1-16-18(12-13-24-15-17-6-4-3-5-7-17)8-10-20-21-14-19(26-2)9-11-22(21)25-23(16)20;/h3-11,14,24-25H,12-13,15H2,1-2H3;1H. The van der Waals surface area contributed by atoms with Crippen LogP contribution < -0.4 is 10.1 Å². The molecule has 3 aromatic carbocycles. The van der Waals surface area contributed by atoms with Gasteiger partial charge in [-0.05, 0) is 54.8 Å². The van der Waals surface area contributed by atoms with Gasteiger partial charge in [0.25, 0.3) is 0 Å². The molecule has 4 aromatic rings. The number of hydrogen-bond donors (Lipinski definition) is 2. The van der Waals surface area contributed by atoms with E-state index in [4.69, 9.17) is 4.74 Å². The molecule has 0 radical (unpaired) electrons. The highest BCUT2D eigenvalue weighted by molar-refractivity contribution is 6.08. The van der Waals surface area contributed by atoms with Crippen molar-refractivity contribution in [2.45, 2.75) is 19.9 Å². The van der Waals surface area contributed by atoms with Gasteiger partial charge in [0.2, 0.25) is 0 Å². The van der Waals surface area contributed by atoms with Crippen LogP contribution in [-0.4, -0.2) is 18.6 Å². The maximum absolute atomic E-state index is 5.37. The van der Waals surface area contributed by atoms with Gasteiger partial charge in [-0.2, -0.15) is 0 Å². The molecule has 0 aliphatic carbocycles. The Hall–Kier alpha value is -2.49. The molecule has 27 heavy (non-hydrogen) atoms. The lowest BCUT2D eigenvalue weighted by Crippen LogP contribution is -2.17. The SMILES string of the molecule is COc1ccc2[nH]c3c(C)c(CCNCc4ccccc4)ccc3c2c1.Cl. The molecule has 0 aliphatic rings. The van der Waals surface area contributed by atoms with Crippen LogP contribution in [0.5, 0.6) is 5.75 Å². The number of hydrogen-bond acceptors (Lipinski definition) is 2. The van der Waals surface area contributed by atoms with Gasteiger partial charge in [0.1, 0.15) is 5.75 Å². The predicted octanol–water partition coefficient (Wildman–Crippen LogP) is 5.39. The van der Waals surface area contributed by atoms with Gasteiger partial charge in [-0.25, -0.2) is 0 Å². The number of methoxy groups -OCH3 is 1. The molecule has 0 spiro atoms. The summed E-state index contributed by atoms with van der Waals surface area (Å²) >= 11 is 0. The Labute approximate surface area is 166 Å². The zero-order valence-electron chi connectivity index (χ0n) is 15.7. The zero-order chi connectivity index (χ0) is 17.9. The van der Waals surface area contributed by atoms with Crippen molar-refractivity contribution in [2.75, 3.05) is 13.7 Å². The lowest BCUT2D eigenvalue weighted by Gasteiger charge is -2.09. The van der Waals surface area contributed by atoms with E-state index in [1.165, 1.54) is 33.0 Å². The molecule has 1 heterocycles. The van der Waals surface area contributed by atoms with Gasteiger partial charge < -0.3 is 15.0 Å². The summed E-state index contributed by atoms with van der Waals surface area (Å²) < 4.78 is 5.37. The van der Waals surface area contributed by atoms with Crippen LogP contribution in [0.15, 0.2) is 60.7 Å². The predicted molar refractivity (Wildman–Crippen MR) is 116 cm³/mol. The average Bonchev–Trinajstić information content (AvgIpc) is 3.06. The van der Waals surface area contributed by atoms with Crippen LogP contribution in [0, 0.1) is 6.92 Å². The number of ether oxygens (including phenoxy) is 1. The minimum Gasteiger partial charge on any atom is -0.497 e.